The predicted octanol–water partition coefficient (Wildman–Crippen LogP) is 1.27. The van der Waals surface area contributed by atoms with Crippen molar-refractivity contribution in [1.82, 2.24) is 5.32 Å². The van der Waals surface area contributed by atoms with Gasteiger partial charge in [-0.1, -0.05) is 12.5 Å². The average Bonchev–Trinajstić information content (AvgIpc) is 2.44. The highest BCUT2D eigenvalue weighted by Gasteiger charge is 2.23. The number of rotatable bonds is 2. The molecule has 0 spiro atoms. The number of hydrogen-bond donors (Lipinski definition) is 4. The Labute approximate surface area is 100 Å². The van der Waals surface area contributed by atoms with Gasteiger partial charge in [-0.25, -0.2) is 0 Å². The van der Waals surface area contributed by atoms with Crippen molar-refractivity contribution in [2.45, 2.75) is 31.4 Å². The highest BCUT2D eigenvalue weighted by molar-refractivity contribution is 5.41. The molecule has 4 nitrogen and oxygen atoms in total. The van der Waals surface area contributed by atoms with Crippen LogP contribution in [0.25, 0.3) is 0 Å². The van der Waals surface area contributed by atoms with E-state index in [-0.39, 0.29) is 0 Å². The molecule has 1 aliphatic rings. The molecule has 88 valence electrons. The van der Waals surface area contributed by atoms with Crippen LogP contribution in [-0.4, -0.2) is 27.9 Å². The minimum absolute atomic E-state index is 0.461. The summed E-state index contributed by atoms with van der Waals surface area (Å²) >= 11 is 0. The summed E-state index contributed by atoms with van der Waals surface area (Å²) in [5.74, 6) is -1.77. The molecule has 0 unspecified atom stereocenters. The Balaban J connectivity index is 2.56. The Kier molecular flexibility index (Phi) is 2.11. The van der Waals surface area contributed by atoms with Crippen molar-refractivity contribution in [2.75, 3.05) is 6.54 Å². The lowest BCUT2D eigenvalue weighted by Crippen LogP contribution is -2.38. The van der Waals surface area contributed by atoms with Crippen LogP contribution in [0.5, 0.6) is 11.5 Å². The van der Waals surface area contributed by atoms with E-state index in [2.05, 4.69) is 5.32 Å². The van der Waals surface area contributed by atoms with Gasteiger partial charge in [0.15, 0.2) is 11.5 Å². The Bertz CT molecular complexity index is 501. The summed E-state index contributed by atoms with van der Waals surface area (Å²) in [5.41, 5.74) is -0.461. The molecule has 1 heterocycles. The zero-order valence-corrected chi connectivity index (χ0v) is 8.75. The van der Waals surface area contributed by atoms with Crippen molar-refractivity contribution in [3.05, 3.63) is 23.7 Å². The van der Waals surface area contributed by atoms with Crippen LogP contribution < -0.4 is 5.32 Å². The number of hydrogen-bond acceptors (Lipinski definition) is 4. The maximum Gasteiger partial charge on any atom is 0.157 e. The summed E-state index contributed by atoms with van der Waals surface area (Å²) in [7, 11) is 0. The number of phenols is 2. The number of piperidine rings is 1. The molecular formula is C12H17NO3. The Morgan fingerprint density at radius 2 is 2.19 bits per heavy atom. The maximum absolute atomic E-state index is 10.4. The number of nitrogens with one attached hydrogen (secondary N) is 1. The zero-order chi connectivity index (χ0) is 15.1. The van der Waals surface area contributed by atoms with Crippen LogP contribution in [0.1, 0.15) is 36.4 Å². The second kappa shape index (κ2) is 4.72. The standard InChI is InChI=1S/C12H17NO3/c14-10-5-4-8(7-11(10)15)12(16)9-3-1-2-6-13-9/h4-5,7,9,12-16H,1-3,6H2/t9-,12-/m1/s1/i4D,5D,7D,12D. The van der Waals surface area contributed by atoms with Gasteiger partial charge in [-0.15, -0.1) is 0 Å². The smallest absolute Gasteiger partial charge is 0.157 e. The molecule has 16 heavy (non-hydrogen) atoms. The van der Waals surface area contributed by atoms with E-state index in [0.29, 0.717) is 13.0 Å². The third kappa shape index (κ3) is 2.28. The van der Waals surface area contributed by atoms with Crippen molar-refractivity contribution >= 4 is 0 Å². The van der Waals surface area contributed by atoms with Gasteiger partial charge in [0, 0.05) is 6.04 Å². The molecule has 0 bridgehead atoms. The lowest BCUT2D eigenvalue weighted by atomic mass is 9.95. The van der Waals surface area contributed by atoms with Crippen LogP contribution >= 0.6 is 0 Å². The van der Waals surface area contributed by atoms with Crippen molar-refractivity contribution in [3.8, 4) is 11.5 Å². The summed E-state index contributed by atoms with van der Waals surface area (Å²) in [4.78, 5) is 0. The second-order valence-corrected chi connectivity index (χ2v) is 3.83. The maximum atomic E-state index is 10.4. The van der Waals surface area contributed by atoms with Gasteiger partial charge in [0.2, 0.25) is 0 Å². The normalized spacial score (nSPS) is 28.4. The monoisotopic (exact) mass is 227 g/mol. The minimum Gasteiger partial charge on any atom is -0.504 e. The van der Waals surface area contributed by atoms with Gasteiger partial charge in [-0.3, -0.25) is 0 Å². The number of aliphatic hydroxyl groups is 1. The van der Waals surface area contributed by atoms with Crippen LogP contribution in [-0.2, 0) is 0 Å². The summed E-state index contributed by atoms with van der Waals surface area (Å²) in [5, 5.41) is 32.4. The fourth-order valence-electron chi connectivity index (χ4n) is 1.78. The summed E-state index contributed by atoms with van der Waals surface area (Å²) in [6.07, 6.45) is -0.0979. The van der Waals surface area contributed by atoms with Gasteiger partial charge in [0.1, 0.15) is 0 Å². The molecule has 1 aromatic rings. The third-order valence-electron chi connectivity index (χ3n) is 2.67. The number of benzene rings is 1. The zero-order valence-electron chi connectivity index (χ0n) is 12.7. The molecule has 0 saturated carbocycles. The van der Waals surface area contributed by atoms with E-state index >= 15 is 0 Å². The lowest BCUT2D eigenvalue weighted by Gasteiger charge is -2.28. The number of phenolic OH excluding ortho intramolecular Hbond substituents is 2. The summed E-state index contributed by atoms with van der Waals surface area (Å²) in [6.45, 7) is 0.615. The van der Waals surface area contributed by atoms with Gasteiger partial charge in [0.25, 0.3) is 0 Å². The van der Waals surface area contributed by atoms with E-state index in [1.54, 1.807) is 0 Å². The first-order valence-electron chi connectivity index (χ1n) is 7.26. The van der Waals surface area contributed by atoms with Crippen LogP contribution in [0.4, 0.5) is 0 Å². The quantitative estimate of drug-likeness (QED) is 0.574. The largest absolute Gasteiger partial charge is 0.504 e. The van der Waals surface area contributed by atoms with E-state index in [1.807, 2.05) is 0 Å². The first kappa shape index (κ1) is 7.14. The minimum atomic E-state index is -2.31. The van der Waals surface area contributed by atoms with Crippen molar-refractivity contribution in [2.24, 2.45) is 0 Å². The van der Waals surface area contributed by atoms with Crippen LogP contribution in [0.2, 0.25) is 0 Å². The van der Waals surface area contributed by atoms with Gasteiger partial charge in [0.05, 0.1) is 11.6 Å². The Hall–Kier alpha value is -1.26. The first-order chi connectivity index (χ1) is 9.28. The molecule has 1 saturated heterocycles. The molecule has 0 aliphatic carbocycles. The molecule has 0 amide bonds. The lowest BCUT2D eigenvalue weighted by molar-refractivity contribution is 0.113. The van der Waals surface area contributed by atoms with Crippen LogP contribution in [0.15, 0.2) is 18.1 Å². The second-order valence-electron chi connectivity index (χ2n) is 3.83. The van der Waals surface area contributed by atoms with Gasteiger partial charge in [-0.05, 0) is 37.0 Å². The van der Waals surface area contributed by atoms with Crippen LogP contribution in [0.3, 0.4) is 0 Å². The summed E-state index contributed by atoms with van der Waals surface area (Å²) < 4.78 is 31.1. The Morgan fingerprint density at radius 1 is 1.38 bits per heavy atom. The third-order valence-corrected chi connectivity index (χ3v) is 2.67. The van der Waals surface area contributed by atoms with E-state index < -0.39 is 47.3 Å². The molecule has 2 rings (SSSR count). The SMILES string of the molecule is [2H]c1c([2H])c([C@@]([2H])(O)[C@H]2CCCCN2)c([2H])c(O)c1O. The molecule has 4 N–H and O–H groups in total. The van der Waals surface area contributed by atoms with E-state index in [1.165, 1.54) is 0 Å². The van der Waals surface area contributed by atoms with E-state index in [0.717, 1.165) is 12.8 Å². The van der Waals surface area contributed by atoms with E-state index in [4.69, 9.17) is 5.48 Å². The molecule has 1 aromatic carbocycles. The topological polar surface area (TPSA) is 72.7 Å². The fourth-order valence-corrected chi connectivity index (χ4v) is 1.78. The van der Waals surface area contributed by atoms with Gasteiger partial charge >= 0.3 is 0 Å². The van der Waals surface area contributed by atoms with Crippen molar-refractivity contribution in [1.29, 1.82) is 0 Å². The predicted molar refractivity (Wildman–Crippen MR) is 60.4 cm³/mol. The summed E-state index contributed by atoms with van der Waals surface area (Å²) in [6, 6.07) is -2.69. The highest BCUT2D eigenvalue weighted by atomic mass is 16.3. The number of aromatic hydroxyl groups is 2. The van der Waals surface area contributed by atoms with Gasteiger partial charge in [-0.2, -0.15) is 0 Å². The van der Waals surface area contributed by atoms with Crippen molar-refractivity contribution < 1.29 is 20.8 Å². The molecule has 1 fully saturated rings. The molecule has 2 atom stereocenters. The van der Waals surface area contributed by atoms with Crippen molar-refractivity contribution in [3.63, 3.8) is 0 Å². The average molecular weight is 227 g/mol. The Morgan fingerprint density at radius 3 is 2.88 bits per heavy atom. The molecule has 1 aliphatic heterocycles. The molecule has 0 aromatic heterocycles. The molecule has 0 radical (unpaired) electrons. The van der Waals surface area contributed by atoms with E-state index in [9.17, 15) is 15.3 Å². The fraction of sp³-hybridized carbons (Fsp3) is 0.500. The highest BCUT2D eigenvalue weighted by Crippen LogP contribution is 2.30. The first-order valence-corrected chi connectivity index (χ1v) is 5.26. The van der Waals surface area contributed by atoms with Gasteiger partial charge < -0.3 is 20.6 Å². The van der Waals surface area contributed by atoms with Crippen LogP contribution in [0, 0.1) is 0 Å². The molecular weight excluding hydrogens is 206 g/mol. The molecule has 4 heteroatoms.